The molecule has 0 atom stereocenters. The lowest BCUT2D eigenvalue weighted by Gasteiger charge is -2.05. The molecule has 1 amide bonds. The molecule has 1 heterocycles. The first-order valence-electron chi connectivity index (χ1n) is 6.28. The van der Waals surface area contributed by atoms with Gasteiger partial charge in [-0.05, 0) is 18.7 Å². The van der Waals surface area contributed by atoms with Crippen LogP contribution >= 0.6 is 36.6 Å². The summed E-state index contributed by atoms with van der Waals surface area (Å²) in [5.41, 5.74) is 1.06. The highest BCUT2D eigenvalue weighted by atomic mass is 35.5. The van der Waals surface area contributed by atoms with E-state index in [2.05, 4.69) is 22.5 Å². The molecule has 1 rings (SSSR count). The minimum absolute atomic E-state index is 0. The van der Waals surface area contributed by atoms with Gasteiger partial charge in [-0.1, -0.05) is 13.0 Å². The second kappa shape index (κ2) is 14.9. The Morgan fingerprint density at radius 1 is 1.30 bits per heavy atom. The number of thioether (sulfide) groups is 1. The number of carbonyl (C=O) groups excluding carboxylic acids is 1. The zero-order valence-electron chi connectivity index (χ0n) is 11.6. The SMILES string of the molecule is CCNCCNC(=O)CCSCc1ccccn1.Cl.Cl. The van der Waals surface area contributed by atoms with E-state index in [9.17, 15) is 4.79 Å². The van der Waals surface area contributed by atoms with E-state index in [0.717, 1.165) is 30.3 Å². The Kier molecular flexibility index (Phi) is 16.3. The highest BCUT2D eigenvalue weighted by Gasteiger charge is 2.00. The standard InChI is InChI=1S/C13H21N3OS.2ClH/c1-2-14-8-9-16-13(17)6-10-18-11-12-5-3-4-7-15-12;;/h3-5,7,14H,2,6,8-11H2,1H3,(H,16,17);2*1H. The Morgan fingerprint density at radius 3 is 2.75 bits per heavy atom. The minimum atomic E-state index is 0. The lowest BCUT2D eigenvalue weighted by molar-refractivity contribution is -0.120. The number of carbonyl (C=O) groups is 1. The molecule has 0 radical (unpaired) electrons. The number of hydrogen-bond acceptors (Lipinski definition) is 4. The highest BCUT2D eigenvalue weighted by Crippen LogP contribution is 2.10. The van der Waals surface area contributed by atoms with Crippen molar-refractivity contribution in [3.8, 4) is 0 Å². The molecule has 0 saturated carbocycles. The Hall–Kier alpha value is -0.490. The van der Waals surface area contributed by atoms with Gasteiger partial charge in [-0.15, -0.1) is 24.8 Å². The maximum atomic E-state index is 11.4. The van der Waals surface area contributed by atoms with Crippen molar-refractivity contribution in [2.24, 2.45) is 0 Å². The lowest BCUT2D eigenvalue weighted by Crippen LogP contribution is -2.31. The van der Waals surface area contributed by atoms with Gasteiger partial charge in [0.25, 0.3) is 0 Å². The van der Waals surface area contributed by atoms with Crippen molar-refractivity contribution >= 4 is 42.5 Å². The zero-order valence-corrected chi connectivity index (χ0v) is 14.1. The van der Waals surface area contributed by atoms with Gasteiger partial charge in [0, 0.05) is 37.2 Å². The zero-order chi connectivity index (χ0) is 13.1. The lowest BCUT2D eigenvalue weighted by atomic mass is 10.4. The predicted molar refractivity (Wildman–Crippen MR) is 91.1 cm³/mol. The molecule has 0 aliphatic heterocycles. The Labute approximate surface area is 137 Å². The van der Waals surface area contributed by atoms with Crippen molar-refractivity contribution in [3.05, 3.63) is 30.1 Å². The van der Waals surface area contributed by atoms with Gasteiger partial charge in [-0.3, -0.25) is 9.78 Å². The van der Waals surface area contributed by atoms with Crippen LogP contribution in [0.1, 0.15) is 19.0 Å². The summed E-state index contributed by atoms with van der Waals surface area (Å²) in [5, 5.41) is 6.05. The summed E-state index contributed by atoms with van der Waals surface area (Å²) in [6.07, 6.45) is 2.37. The molecule has 116 valence electrons. The number of pyridine rings is 1. The van der Waals surface area contributed by atoms with Gasteiger partial charge in [0.15, 0.2) is 0 Å². The van der Waals surface area contributed by atoms with Crippen LogP contribution in [0.5, 0.6) is 0 Å². The van der Waals surface area contributed by atoms with Gasteiger partial charge in [0.1, 0.15) is 0 Å². The van der Waals surface area contributed by atoms with E-state index in [-0.39, 0.29) is 30.7 Å². The van der Waals surface area contributed by atoms with E-state index >= 15 is 0 Å². The quantitative estimate of drug-likeness (QED) is 0.677. The van der Waals surface area contributed by atoms with Crippen molar-refractivity contribution in [1.82, 2.24) is 15.6 Å². The van der Waals surface area contributed by atoms with Gasteiger partial charge in [-0.2, -0.15) is 11.8 Å². The van der Waals surface area contributed by atoms with Crippen molar-refractivity contribution in [2.75, 3.05) is 25.4 Å². The van der Waals surface area contributed by atoms with Crippen molar-refractivity contribution in [2.45, 2.75) is 19.1 Å². The molecular weight excluding hydrogens is 317 g/mol. The maximum Gasteiger partial charge on any atom is 0.220 e. The molecule has 0 unspecified atom stereocenters. The van der Waals surface area contributed by atoms with Crippen LogP contribution in [0.15, 0.2) is 24.4 Å². The largest absolute Gasteiger partial charge is 0.355 e. The molecule has 0 saturated heterocycles. The van der Waals surface area contributed by atoms with Crippen LogP contribution in [0.4, 0.5) is 0 Å². The molecule has 1 aromatic heterocycles. The number of aromatic nitrogens is 1. The molecule has 0 spiro atoms. The van der Waals surface area contributed by atoms with Gasteiger partial charge in [0.2, 0.25) is 5.91 Å². The Balaban J connectivity index is 0. The monoisotopic (exact) mass is 339 g/mol. The number of hydrogen-bond donors (Lipinski definition) is 2. The third kappa shape index (κ3) is 11.3. The summed E-state index contributed by atoms with van der Waals surface area (Å²) >= 11 is 1.74. The Bertz CT molecular complexity index is 342. The second-order valence-corrected chi connectivity index (χ2v) is 4.93. The van der Waals surface area contributed by atoms with Crippen LogP contribution < -0.4 is 10.6 Å². The van der Waals surface area contributed by atoms with Gasteiger partial charge in [0.05, 0.1) is 5.69 Å². The first-order valence-corrected chi connectivity index (χ1v) is 7.43. The van der Waals surface area contributed by atoms with Crippen molar-refractivity contribution in [1.29, 1.82) is 0 Å². The summed E-state index contributed by atoms with van der Waals surface area (Å²) < 4.78 is 0. The van der Waals surface area contributed by atoms with E-state index in [0.29, 0.717) is 13.0 Å². The molecule has 0 aromatic carbocycles. The summed E-state index contributed by atoms with van der Waals surface area (Å²) in [5.74, 6) is 1.83. The molecule has 1 aromatic rings. The first kappa shape index (κ1) is 21.8. The van der Waals surface area contributed by atoms with Crippen LogP contribution in [0.3, 0.4) is 0 Å². The van der Waals surface area contributed by atoms with E-state index < -0.39 is 0 Å². The highest BCUT2D eigenvalue weighted by molar-refractivity contribution is 7.98. The molecule has 20 heavy (non-hydrogen) atoms. The van der Waals surface area contributed by atoms with Gasteiger partial charge in [-0.25, -0.2) is 0 Å². The molecule has 0 bridgehead atoms. The fourth-order valence-electron chi connectivity index (χ4n) is 1.38. The summed E-state index contributed by atoms with van der Waals surface area (Å²) in [7, 11) is 0. The fourth-order valence-corrected chi connectivity index (χ4v) is 2.23. The predicted octanol–water partition coefficient (Wildman–Crippen LogP) is 2.27. The van der Waals surface area contributed by atoms with Crippen molar-refractivity contribution < 1.29 is 4.79 Å². The topological polar surface area (TPSA) is 54.0 Å². The van der Waals surface area contributed by atoms with Crippen molar-refractivity contribution in [3.63, 3.8) is 0 Å². The molecule has 7 heteroatoms. The Morgan fingerprint density at radius 2 is 2.10 bits per heavy atom. The second-order valence-electron chi connectivity index (χ2n) is 3.83. The number of nitrogens with one attached hydrogen (secondary N) is 2. The third-order valence-electron chi connectivity index (χ3n) is 2.32. The molecule has 2 N–H and O–H groups in total. The number of rotatable bonds is 9. The van der Waals surface area contributed by atoms with Crippen LogP contribution in [-0.2, 0) is 10.5 Å². The maximum absolute atomic E-state index is 11.4. The summed E-state index contributed by atoms with van der Waals surface area (Å²) in [6.45, 7) is 4.53. The fraction of sp³-hybridized carbons (Fsp3) is 0.538. The van der Waals surface area contributed by atoms with Crippen LogP contribution in [-0.4, -0.2) is 36.3 Å². The summed E-state index contributed by atoms with van der Waals surface area (Å²) in [4.78, 5) is 15.7. The van der Waals surface area contributed by atoms with Gasteiger partial charge >= 0.3 is 0 Å². The molecule has 0 aliphatic carbocycles. The number of halogens is 2. The molecule has 0 aliphatic rings. The minimum Gasteiger partial charge on any atom is -0.355 e. The average Bonchev–Trinajstić information content (AvgIpc) is 2.41. The summed E-state index contributed by atoms with van der Waals surface area (Å²) in [6, 6.07) is 5.89. The smallest absolute Gasteiger partial charge is 0.220 e. The first-order chi connectivity index (χ1) is 8.83. The van der Waals surface area contributed by atoms with Gasteiger partial charge < -0.3 is 10.6 Å². The number of nitrogens with zero attached hydrogens (tertiary/aromatic N) is 1. The van der Waals surface area contributed by atoms with Crippen LogP contribution in [0, 0.1) is 0 Å². The van der Waals surface area contributed by atoms with E-state index in [1.54, 1.807) is 18.0 Å². The van der Waals surface area contributed by atoms with Crippen LogP contribution in [0.2, 0.25) is 0 Å². The third-order valence-corrected chi connectivity index (χ3v) is 3.32. The normalized spacial score (nSPS) is 9.25. The molecule has 0 fully saturated rings. The molecule has 4 nitrogen and oxygen atoms in total. The van der Waals surface area contributed by atoms with E-state index in [4.69, 9.17) is 0 Å². The molecular formula is C13H23Cl2N3OS. The number of amides is 1. The van der Waals surface area contributed by atoms with Crippen LogP contribution in [0.25, 0.3) is 0 Å². The van der Waals surface area contributed by atoms with E-state index in [1.165, 1.54) is 0 Å². The number of likely N-dealkylation sites (N-methyl/N-ethyl adjacent to an activating group) is 1. The van der Waals surface area contributed by atoms with E-state index in [1.807, 2.05) is 18.2 Å². The average molecular weight is 340 g/mol.